The number of furan rings is 1. The van der Waals surface area contributed by atoms with Crippen molar-refractivity contribution in [2.45, 2.75) is 16.3 Å². The second kappa shape index (κ2) is 9.02. The maximum absolute atomic E-state index is 13.2. The van der Waals surface area contributed by atoms with Crippen molar-refractivity contribution < 1.29 is 22.4 Å². The third kappa shape index (κ3) is 4.72. The fraction of sp³-hybridized carbons (Fsp3) is 0.150. The van der Waals surface area contributed by atoms with Crippen LogP contribution in [-0.2, 0) is 21.2 Å². The summed E-state index contributed by atoms with van der Waals surface area (Å²) in [6, 6.07) is 14.4. The summed E-state index contributed by atoms with van der Waals surface area (Å²) in [7, 11) is -2.55. The molecule has 0 spiro atoms. The highest BCUT2D eigenvalue weighted by atomic mass is 35.5. The summed E-state index contributed by atoms with van der Waals surface area (Å²) in [5, 5.41) is 5.47. The number of carbonyl (C=O) groups is 1. The maximum Gasteiger partial charge on any atom is 0.239 e. The Kier molecular flexibility index (Phi) is 6.46. The first-order valence-corrected chi connectivity index (χ1v) is 10.5. The molecule has 0 radical (unpaired) electrons. The second-order valence-electron chi connectivity index (χ2n) is 5.98. The number of halogens is 1. The van der Waals surface area contributed by atoms with Gasteiger partial charge in [-0.1, -0.05) is 29.8 Å². The molecule has 0 saturated heterocycles. The Bertz CT molecular complexity index is 1080. The molecule has 3 aromatic rings. The summed E-state index contributed by atoms with van der Waals surface area (Å²) in [6.07, 6.45) is 1.51. The lowest BCUT2D eigenvalue weighted by molar-refractivity contribution is -0.119. The SMILES string of the molecule is COc1ccc(NCC(=O)NCc2ccco2)c(S(=O)(=O)c2ccccc2)c1Cl. The van der Waals surface area contributed by atoms with E-state index >= 15 is 0 Å². The van der Waals surface area contributed by atoms with Crippen molar-refractivity contribution >= 4 is 33.0 Å². The summed E-state index contributed by atoms with van der Waals surface area (Å²) in [5.74, 6) is 0.489. The molecule has 0 fully saturated rings. The fourth-order valence-electron chi connectivity index (χ4n) is 2.65. The number of amides is 1. The van der Waals surface area contributed by atoms with Crippen LogP contribution in [0.2, 0.25) is 5.02 Å². The summed E-state index contributed by atoms with van der Waals surface area (Å²) in [5.41, 5.74) is 0.202. The van der Waals surface area contributed by atoms with Gasteiger partial charge >= 0.3 is 0 Å². The van der Waals surface area contributed by atoms with Gasteiger partial charge in [-0.15, -0.1) is 0 Å². The van der Waals surface area contributed by atoms with E-state index < -0.39 is 9.84 Å². The molecular formula is C20H19ClN2O5S. The molecule has 0 atom stereocenters. The van der Waals surface area contributed by atoms with E-state index in [-0.39, 0.29) is 45.2 Å². The number of sulfone groups is 1. The smallest absolute Gasteiger partial charge is 0.239 e. The maximum atomic E-state index is 13.2. The van der Waals surface area contributed by atoms with Crippen LogP contribution in [0.1, 0.15) is 5.76 Å². The van der Waals surface area contributed by atoms with Crippen molar-refractivity contribution in [3.63, 3.8) is 0 Å². The third-order valence-corrected chi connectivity index (χ3v) is 6.42. The minimum atomic E-state index is -3.95. The predicted molar refractivity (Wildman–Crippen MR) is 109 cm³/mol. The van der Waals surface area contributed by atoms with Gasteiger partial charge in [-0.2, -0.15) is 0 Å². The Morgan fingerprint density at radius 2 is 1.86 bits per heavy atom. The van der Waals surface area contributed by atoms with Crippen LogP contribution in [0, 0.1) is 0 Å². The molecule has 0 aliphatic heterocycles. The number of hydrogen-bond acceptors (Lipinski definition) is 6. The zero-order valence-electron chi connectivity index (χ0n) is 15.5. The first-order chi connectivity index (χ1) is 13.9. The number of nitrogens with one attached hydrogen (secondary N) is 2. The molecule has 0 aliphatic rings. The van der Waals surface area contributed by atoms with Crippen molar-refractivity contribution in [3.8, 4) is 5.75 Å². The van der Waals surface area contributed by atoms with E-state index in [0.29, 0.717) is 5.76 Å². The first-order valence-electron chi connectivity index (χ1n) is 8.63. The molecule has 3 rings (SSSR count). The van der Waals surface area contributed by atoms with E-state index in [9.17, 15) is 13.2 Å². The number of hydrogen-bond donors (Lipinski definition) is 2. The molecule has 0 unspecified atom stereocenters. The van der Waals surface area contributed by atoms with Gasteiger partial charge in [-0.3, -0.25) is 4.79 Å². The molecule has 1 aromatic heterocycles. The molecule has 9 heteroatoms. The van der Waals surface area contributed by atoms with Gasteiger partial charge in [-0.05, 0) is 36.4 Å². The molecule has 0 aliphatic carbocycles. The molecule has 0 saturated carbocycles. The molecule has 1 amide bonds. The number of anilines is 1. The highest BCUT2D eigenvalue weighted by Crippen LogP contribution is 2.39. The van der Waals surface area contributed by atoms with Gasteiger partial charge < -0.3 is 19.8 Å². The van der Waals surface area contributed by atoms with Crippen LogP contribution < -0.4 is 15.4 Å². The van der Waals surface area contributed by atoms with Crippen molar-refractivity contribution in [1.29, 1.82) is 0 Å². The highest BCUT2D eigenvalue weighted by molar-refractivity contribution is 7.91. The average molecular weight is 435 g/mol. The highest BCUT2D eigenvalue weighted by Gasteiger charge is 2.27. The zero-order chi connectivity index (χ0) is 20.9. The van der Waals surface area contributed by atoms with Crippen molar-refractivity contribution in [3.05, 3.63) is 71.6 Å². The van der Waals surface area contributed by atoms with E-state index in [1.807, 2.05) is 0 Å². The molecular weight excluding hydrogens is 416 g/mol. The van der Waals surface area contributed by atoms with Crippen LogP contribution in [-0.4, -0.2) is 28.0 Å². The van der Waals surface area contributed by atoms with E-state index in [1.54, 1.807) is 30.3 Å². The van der Waals surface area contributed by atoms with Crippen LogP contribution in [0.15, 0.2) is 75.1 Å². The van der Waals surface area contributed by atoms with Gasteiger partial charge in [0.2, 0.25) is 15.7 Å². The minimum absolute atomic E-state index is 0.0580. The van der Waals surface area contributed by atoms with E-state index in [4.69, 9.17) is 20.8 Å². The Morgan fingerprint density at radius 3 is 2.52 bits per heavy atom. The van der Waals surface area contributed by atoms with Gasteiger partial charge in [0.15, 0.2) is 0 Å². The topological polar surface area (TPSA) is 97.6 Å². The monoisotopic (exact) mass is 434 g/mol. The Morgan fingerprint density at radius 1 is 1.10 bits per heavy atom. The summed E-state index contributed by atoms with van der Waals surface area (Å²) in [6.45, 7) is 0.0761. The summed E-state index contributed by atoms with van der Waals surface area (Å²) >= 11 is 6.34. The molecule has 29 heavy (non-hydrogen) atoms. The standard InChI is InChI=1S/C20H19ClN2O5S/c1-27-17-10-9-16(22-13-18(24)23-12-14-6-5-11-28-14)20(19(17)21)29(25,26)15-7-3-2-4-8-15/h2-11,22H,12-13H2,1H3,(H,23,24). The quantitative estimate of drug-likeness (QED) is 0.563. The van der Waals surface area contributed by atoms with E-state index in [0.717, 1.165) is 0 Å². The molecule has 7 nitrogen and oxygen atoms in total. The average Bonchev–Trinajstić information content (AvgIpc) is 3.25. The molecule has 2 aromatic carbocycles. The van der Waals surface area contributed by atoms with Crippen LogP contribution >= 0.6 is 11.6 Å². The van der Waals surface area contributed by atoms with Crippen molar-refractivity contribution in [1.82, 2.24) is 5.32 Å². The zero-order valence-corrected chi connectivity index (χ0v) is 17.1. The van der Waals surface area contributed by atoms with Gasteiger partial charge in [0, 0.05) is 0 Å². The second-order valence-corrected chi connectivity index (χ2v) is 8.25. The minimum Gasteiger partial charge on any atom is -0.495 e. The lowest BCUT2D eigenvalue weighted by atomic mass is 10.3. The Balaban J connectivity index is 1.85. The van der Waals surface area contributed by atoms with Gasteiger partial charge in [0.1, 0.15) is 21.4 Å². The molecule has 1 heterocycles. The number of rotatable bonds is 8. The van der Waals surface area contributed by atoms with Gasteiger partial charge in [0.25, 0.3) is 0 Å². The Labute approximate surface area is 173 Å². The normalized spacial score (nSPS) is 11.1. The number of carbonyl (C=O) groups excluding carboxylic acids is 1. The molecule has 0 bridgehead atoms. The summed E-state index contributed by atoms with van der Waals surface area (Å²) < 4.78 is 36.7. The van der Waals surface area contributed by atoms with Crippen LogP contribution in [0.25, 0.3) is 0 Å². The van der Waals surface area contributed by atoms with E-state index in [2.05, 4.69) is 10.6 Å². The number of methoxy groups -OCH3 is 1. The summed E-state index contributed by atoms with van der Waals surface area (Å²) in [4.78, 5) is 12.1. The van der Waals surface area contributed by atoms with Crippen LogP contribution in [0.5, 0.6) is 5.75 Å². The first kappa shape index (κ1) is 20.8. The number of ether oxygens (including phenoxy) is 1. The van der Waals surface area contributed by atoms with Crippen molar-refractivity contribution in [2.75, 3.05) is 19.0 Å². The van der Waals surface area contributed by atoms with Crippen LogP contribution in [0.4, 0.5) is 5.69 Å². The van der Waals surface area contributed by atoms with Crippen molar-refractivity contribution in [2.24, 2.45) is 0 Å². The largest absolute Gasteiger partial charge is 0.495 e. The molecule has 2 N–H and O–H groups in total. The molecule has 152 valence electrons. The van der Waals surface area contributed by atoms with Gasteiger partial charge in [-0.25, -0.2) is 8.42 Å². The predicted octanol–water partition coefficient (Wildman–Crippen LogP) is 3.50. The lowest BCUT2D eigenvalue weighted by Gasteiger charge is -2.16. The third-order valence-electron chi connectivity index (χ3n) is 4.08. The lowest BCUT2D eigenvalue weighted by Crippen LogP contribution is -2.29. The fourth-order valence-corrected chi connectivity index (χ4v) is 4.72. The van der Waals surface area contributed by atoms with Crippen LogP contribution in [0.3, 0.4) is 0 Å². The van der Waals surface area contributed by atoms with Gasteiger partial charge in [0.05, 0.1) is 37.0 Å². The number of benzene rings is 2. The van der Waals surface area contributed by atoms with E-state index in [1.165, 1.54) is 37.6 Å². The Hall–Kier alpha value is -2.97.